The summed E-state index contributed by atoms with van der Waals surface area (Å²) in [6.45, 7) is 3.47. The molecule has 0 amide bonds. The molecular formula is C28H32N2O2+2. The smallest absolute Gasteiger partial charge is 0.322 e. The van der Waals surface area contributed by atoms with Crippen LogP contribution in [0, 0.1) is 6.92 Å². The van der Waals surface area contributed by atoms with Crippen molar-refractivity contribution in [2.24, 2.45) is 0 Å². The number of benzene rings is 2. The first-order valence-electron chi connectivity index (χ1n) is 11.2. The summed E-state index contributed by atoms with van der Waals surface area (Å²) in [6.07, 6.45) is 8.41. The Labute approximate surface area is 191 Å². The molecule has 0 saturated carbocycles. The van der Waals surface area contributed by atoms with Crippen LogP contribution in [0.5, 0.6) is 0 Å². The second-order valence-electron chi connectivity index (χ2n) is 8.11. The molecule has 4 heteroatoms. The lowest BCUT2D eigenvalue weighted by molar-refractivity contribution is -0.736. The van der Waals surface area contributed by atoms with Crippen molar-refractivity contribution >= 4 is 5.71 Å². The fourth-order valence-electron chi connectivity index (χ4n) is 4.44. The maximum Gasteiger partial charge on any atom is 0.322 e. The van der Waals surface area contributed by atoms with E-state index >= 15 is 0 Å². The van der Waals surface area contributed by atoms with Crippen molar-refractivity contribution in [3.63, 3.8) is 0 Å². The van der Waals surface area contributed by atoms with Crippen LogP contribution in [0.1, 0.15) is 29.5 Å². The second-order valence-corrected chi connectivity index (χ2v) is 8.11. The van der Waals surface area contributed by atoms with E-state index in [1.165, 1.54) is 33.7 Å². The van der Waals surface area contributed by atoms with E-state index in [1.807, 2.05) is 0 Å². The molecule has 164 valence electrons. The van der Waals surface area contributed by atoms with Crippen LogP contribution in [-0.2, 0) is 22.6 Å². The molecule has 0 bridgehead atoms. The zero-order chi connectivity index (χ0) is 22.3. The van der Waals surface area contributed by atoms with Crippen molar-refractivity contribution in [2.45, 2.75) is 39.1 Å². The van der Waals surface area contributed by atoms with E-state index in [0.717, 1.165) is 12.8 Å². The molecule has 1 atom stereocenters. The predicted octanol–water partition coefficient (Wildman–Crippen LogP) is 4.88. The minimum absolute atomic E-state index is 0.132. The number of ether oxygens (including phenoxy) is 2. The summed E-state index contributed by atoms with van der Waals surface area (Å²) in [5.41, 5.74) is 7.41. The van der Waals surface area contributed by atoms with Crippen molar-refractivity contribution in [3.05, 3.63) is 102 Å². The summed E-state index contributed by atoms with van der Waals surface area (Å²) >= 11 is 0. The fourth-order valence-corrected chi connectivity index (χ4v) is 4.44. The summed E-state index contributed by atoms with van der Waals surface area (Å²) in [6, 6.07) is 23.4. The molecule has 3 aromatic rings. The third-order valence-corrected chi connectivity index (χ3v) is 6.05. The number of aryl methyl sites for hydroxylation is 1. The van der Waals surface area contributed by atoms with E-state index in [9.17, 15) is 0 Å². The van der Waals surface area contributed by atoms with Crippen LogP contribution in [0.15, 0.2) is 85.2 Å². The highest BCUT2D eigenvalue weighted by Gasteiger charge is 2.32. The largest absolute Gasteiger partial charge is 0.380 e. The Morgan fingerprint density at radius 3 is 2.44 bits per heavy atom. The van der Waals surface area contributed by atoms with Crippen LogP contribution < -0.4 is 4.57 Å². The molecule has 32 heavy (non-hydrogen) atoms. The zero-order valence-electron chi connectivity index (χ0n) is 19.2. The van der Waals surface area contributed by atoms with Crippen LogP contribution in [0.2, 0.25) is 0 Å². The normalized spacial score (nSPS) is 14.6. The van der Waals surface area contributed by atoms with Gasteiger partial charge >= 0.3 is 6.23 Å². The Morgan fingerprint density at radius 1 is 0.906 bits per heavy atom. The second kappa shape index (κ2) is 10.5. The molecule has 1 aliphatic heterocycles. The Morgan fingerprint density at radius 2 is 1.66 bits per heavy atom. The van der Waals surface area contributed by atoms with E-state index in [2.05, 4.69) is 101 Å². The Bertz CT molecular complexity index is 1130. The molecular weight excluding hydrogens is 396 g/mol. The molecule has 0 aliphatic carbocycles. The first-order chi connectivity index (χ1) is 15.7. The van der Waals surface area contributed by atoms with Gasteiger partial charge in [0.15, 0.2) is 18.1 Å². The van der Waals surface area contributed by atoms with E-state index in [4.69, 9.17) is 9.47 Å². The predicted molar refractivity (Wildman–Crippen MR) is 128 cm³/mol. The van der Waals surface area contributed by atoms with E-state index < -0.39 is 0 Å². The number of rotatable bonds is 8. The monoisotopic (exact) mass is 428 g/mol. The average molecular weight is 429 g/mol. The van der Waals surface area contributed by atoms with Gasteiger partial charge < -0.3 is 9.47 Å². The molecule has 1 aliphatic rings. The van der Waals surface area contributed by atoms with Gasteiger partial charge in [-0.25, -0.2) is 0 Å². The summed E-state index contributed by atoms with van der Waals surface area (Å²) < 4.78 is 16.1. The molecule has 0 radical (unpaired) electrons. The minimum atomic E-state index is -0.132. The maximum absolute atomic E-state index is 6.07. The van der Waals surface area contributed by atoms with E-state index in [1.54, 1.807) is 14.2 Å². The highest BCUT2D eigenvalue weighted by Crippen LogP contribution is 2.21. The molecule has 2 heterocycles. The minimum Gasteiger partial charge on any atom is -0.380 e. The lowest BCUT2D eigenvalue weighted by atomic mass is 9.98. The van der Waals surface area contributed by atoms with Gasteiger partial charge in [-0.1, -0.05) is 36.4 Å². The van der Waals surface area contributed by atoms with Gasteiger partial charge in [-0.3, -0.25) is 0 Å². The summed E-state index contributed by atoms with van der Waals surface area (Å²) in [5.74, 6) is 0. The zero-order valence-corrected chi connectivity index (χ0v) is 19.2. The molecule has 0 saturated heterocycles. The molecule has 0 spiro atoms. The third-order valence-electron chi connectivity index (χ3n) is 6.05. The number of methoxy groups -OCH3 is 2. The lowest BCUT2D eigenvalue weighted by Gasteiger charge is -2.18. The van der Waals surface area contributed by atoms with Gasteiger partial charge in [-0.05, 0) is 48.7 Å². The van der Waals surface area contributed by atoms with Gasteiger partial charge in [-0.15, -0.1) is 0 Å². The molecule has 1 aromatic heterocycles. The van der Waals surface area contributed by atoms with E-state index in [-0.39, 0.29) is 6.23 Å². The topological polar surface area (TPSA) is 25.4 Å². The highest BCUT2D eigenvalue weighted by atomic mass is 16.5. The van der Waals surface area contributed by atoms with E-state index in [0.29, 0.717) is 13.2 Å². The Balaban J connectivity index is 1.75. The van der Waals surface area contributed by atoms with Gasteiger partial charge in [0, 0.05) is 43.9 Å². The Hall–Kier alpha value is -3.08. The van der Waals surface area contributed by atoms with Crippen LogP contribution in [0.4, 0.5) is 0 Å². The standard InChI is InChI=1S/C28H32N2O2/c1-22-12-4-6-14-24(22)26-16-8-10-18-29(26)20-28(32-3)30-19-11-9-17-27(30)25-15-7-5-13-23(25)21-31-2/h4-8,10-16,18-19,28H,9,17,20-21H2,1-3H3/q+2/t28-/m1/s1. The van der Waals surface area contributed by atoms with Crippen molar-refractivity contribution in [2.75, 3.05) is 14.2 Å². The van der Waals surface area contributed by atoms with Gasteiger partial charge in [0.05, 0.1) is 6.61 Å². The van der Waals surface area contributed by atoms with Gasteiger partial charge in [0.1, 0.15) is 0 Å². The number of allylic oxidation sites excluding steroid dienone is 1. The number of nitrogens with zero attached hydrogens (tertiary/aromatic N) is 2. The maximum atomic E-state index is 6.07. The number of aromatic nitrogens is 1. The molecule has 2 aromatic carbocycles. The quantitative estimate of drug-likeness (QED) is 0.478. The fraction of sp³-hybridized carbons (Fsp3) is 0.286. The van der Waals surface area contributed by atoms with Crippen LogP contribution in [0.25, 0.3) is 11.3 Å². The van der Waals surface area contributed by atoms with Gasteiger partial charge in [-0.2, -0.15) is 9.14 Å². The number of hydrogen-bond donors (Lipinski definition) is 0. The first-order valence-corrected chi connectivity index (χ1v) is 11.2. The van der Waals surface area contributed by atoms with Gasteiger partial charge in [0.2, 0.25) is 12.2 Å². The van der Waals surface area contributed by atoms with Crippen molar-refractivity contribution < 1.29 is 18.6 Å². The summed E-state index contributed by atoms with van der Waals surface area (Å²) in [7, 11) is 3.54. The van der Waals surface area contributed by atoms with Crippen molar-refractivity contribution in [1.82, 2.24) is 0 Å². The molecule has 4 nitrogen and oxygen atoms in total. The molecule has 0 N–H and O–H groups in total. The van der Waals surface area contributed by atoms with Crippen LogP contribution in [-0.4, -0.2) is 30.7 Å². The average Bonchev–Trinajstić information content (AvgIpc) is 2.84. The summed E-state index contributed by atoms with van der Waals surface area (Å²) in [4.78, 5) is 0. The molecule has 0 fully saturated rings. The van der Waals surface area contributed by atoms with Gasteiger partial charge in [0.25, 0.3) is 0 Å². The van der Waals surface area contributed by atoms with Crippen molar-refractivity contribution in [3.8, 4) is 11.3 Å². The van der Waals surface area contributed by atoms with Crippen LogP contribution >= 0.6 is 0 Å². The van der Waals surface area contributed by atoms with Crippen LogP contribution in [0.3, 0.4) is 0 Å². The third kappa shape index (κ3) is 4.72. The molecule has 4 rings (SSSR count). The highest BCUT2D eigenvalue weighted by molar-refractivity contribution is 5.98. The number of pyridine rings is 1. The van der Waals surface area contributed by atoms with Crippen molar-refractivity contribution in [1.29, 1.82) is 0 Å². The summed E-state index contributed by atoms with van der Waals surface area (Å²) in [5, 5.41) is 0. The SMILES string of the molecule is COCc1ccccc1C1=[N+]([C@@H](C[n+]2ccccc2-c2ccccc2C)OC)C=CCC1. The first kappa shape index (κ1) is 22.1. The number of hydrogen-bond acceptors (Lipinski definition) is 2. The Kier molecular flexibility index (Phi) is 7.25. The lowest BCUT2D eigenvalue weighted by Crippen LogP contribution is -2.47. The molecule has 0 unspecified atom stereocenters.